The molecule has 70 valence electrons. The third-order valence-electron chi connectivity index (χ3n) is 2.24. The summed E-state index contributed by atoms with van der Waals surface area (Å²) < 4.78 is 13.0. The lowest BCUT2D eigenvalue weighted by Gasteiger charge is -2.12. The zero-order chi connectivity index (χ0) is 9.26. The second-order valence-corrected chi connectivity index (χ2v) is 4.42. The molecule has 0 amide bonds. The van der Waals surface area contributed by atoms with Crippen molar-refractivity contribution in [2.75, 3.05) is 12.3 Å². The molecule has 1 N–H and O–H groups in total. The largest absolute Gasteiger partial charge is 0.301 e. The van der Waals surface area contributed by atoms with Gasteiger partial charge in [-0.25, -0.2) is 4.39 Å². The van der Waals surface area contributed by atoms with Crippen LogP contribution in [-0.2, 0) is 0 Å². The quantitative estimate of drug-likeness (QED) is 0.742. The van der Waals surface area contributed by atoms with Gasteiger partial charge in [0.15, 0.2) is 0 Å². The summed E-state index contributed by atoms with van der Waals surface area (Å²) in [6.07, 6.45) is 0. The molecule has 1 saturated heterocycles. The topological polar surface area (TPSA) is 12.0 Å². The van der Waals surface area contributed by atoms with Gasteiger partial charge in [-0.3, -0.25) is 0 Å². The van der Waals surface area contributed by atoms with Gasteiger partial charge in [-0.05, 0) is 30.2 Å². The third kappa shape index (κ3) is 1.86. The third-order valence-corrected chi connectivity index (χ3v) is 3.43. The molecule has 1 atom stereocenters. The van der Waals surface area contributed by atoms with Crippen LogP contribution < -0.4 is 5.32 Å². The van der Waals surface area contributed by atoms with Gasteiger partial charge in [0, 0.05) is 12.3 Å². The van der Waals surface area contributed by atoms with Gasteiger partial charge in [-0.2, -0.15) is 0 Å². The highest BCUT2D eigenvalue weighted by Gasteiger charge is 2.18. The Morgan fingerprint density at radius 3 is 3.08 bits per heavy atom. The maximum absolute atomic E-state index is 13.0. The predicted octanol–water partition coefficient (Wildman–Crippen LogP) is 2.47. The van der Waals surface area contributed by atoms with E-state index < -0.39 is 0 Å². The van der Waals surface area contributed by atoms with Crippen molar-refractivity contribution in [1.29, 1.82) is 0 Å². The molecule has 1 heterocycles. The minimum absolute atomic E-state index is 0.144. The average Bonchev–Trinajstić information content (AvgIpc) is 2.61. The normalized spacial score (nSPS) is 22.2. The number of rotatable bonds is 1. The Hall–Kier alpha value is -0.540. The molecule has 0 spiro atoms. The predicted molar refractivity (Wildman–Crippen MR) is 54.3 cm³/mol. The first-order valence-corrected chi connectivity index (χ1v) is 5.43. The molecule has 1 fully saturated rings. The molecule has 0 saturated carbocycles. The van der Waals surface area contributed by atoms with Crippen LogP contribution in [0.3, 0.4) is 0 Å². The van der Waals surface area contributed by atoms with E-state index in [-0.39, 0.29) is 11.2 Å². The lowest BCUT2D eigenvalue weighted by Crippen LogP contribution is -2.13. The van der Waals surface area contributed by atoms with Crippen molar-refractivity contribution in [2.45, 2.75) is 12.3 Å². The van der Waals surface area contributed by atoms with E-state index in [0.29, 0.717) is 0 Å². The fourth-order valence-corrected chi connectivity index (χ4v) is 2.66. The molecule has 3 heteroatoms. The van der Waals surface area contributed by atoms with Crippen molar-refractivity contribution in [3.63, 3.8) is 0 Å². The van der Waals surface area contributed by atoms with Crippen LogP contribution in [-0.4, -0.2) is 12.3 Å². The van der Waals surface area contributed by atoms with Crippen molar-refractivity contribution in [1.82, 2.24) is 5.32 Å². The Bertz CT molecular complexity index is 308. The van der Waals surface area contributed by atoms with Crippen LogP contribution in [0.25, 0.3) is 0 Å². The molecule has 1 aliphatic rings. The summed E-state index contributed by atoms with van der Waals surface area (Å²) in [5, 5.41) is 3.62. The fourth-order valence-electron chi connectivity index (χ4n) is 1.52. The Morgan fingerprint density at radius 2 is 2.38 bits per heavy atom. The molecule has 0 radical (unpaired) electrons. The van der Waals surface area contributed by atoms with E-state index in [1.165, 1.54) is 6.07 Å². The van der Waals surface area contributed by atoms with Crippen molar-refractivity contribution in [3.8, 4) is 0 Å². The first-order valence-electron chi connectivity index (χ1n) is 4.38. The van der Waals surface area contributed by atoms with E-state index in [1.54, 1.807) is 6.07 Å². The number of nitrogens with one attached hydrogen (secondary N) is 1. The SMILES string of the molecule is Cc1ccc(F)cc1C1NCCS1. The maximum atomic E-state index is 13.0. The highest BCUT2D eigenvalue weighted by Crippen LogP contribution is 2.31. The van der Waals surface area contributed by atoms with Crippen LogP contribution in [0.1, 0.15) is 16.5 Å². The van der Waals surface area contributed by atoms with E-state index in [4.69, 9.17) is 0 Å². The average molecular weight is 197 g/mol. The van der Waals surface area contributed by atoms with E-state index in [9.17, 15) is 4.39 Å². The van der Waals surface area contributed by atoms with Gasteiger partial charge in [-0.15, -0.1) is 11.8 Å². The first-order chi connectivity index (χ1) is 6.27. The standard InChI is InChI=1S/C10H12FNS/c1-7-2-3-8(11)6-9(7)10-12-4-5-13-10/h2-3,6,10,12H,4-5H2,1H3. The van der Waals surface area contributed by atoms with Crippen molar-refractivity contribution in [2.24, 2.45) is 0 Å². The zero-order valence-corrected chi connectivity index (χ0v) is 8.33. The molecule has 2 rings (SSSR count). The van der Waals surface area contributed by atoms with Crippen molar-refractivity contribution >= 4 is 11.8 Å². The summed E-state index contributed by atoms with van der Waals surface area (Å²) in [5.41, 5.74) is 2.25. The first kappa shape index (κ1) is 9.03. The lowest BCUT2D eigenvalue weighted by molar-refractivity contribution is 0.621. The molecule has 0 aromatic heterocycles. The van der Waals surface area contributed by atoms with Gasteiger partial charge in [0.2, 0.25) is 0 Å². The Morgan fingerprint density at radius 1 is 1.54 bits per heavy atom. The van der Waals surface area contributed by atoms with E-state index in [0.717, 1.165) is 23.4 Å². The highest BCUT2D eigenvalue weighted by atomic mass is 32.2. The van der Waals surface area contributed by atoms with Crippen LogP contribution in [0, 0.1) is 12.7 Å². The van der Waals surface area contributed by atoms with Crippen LogP contribution in [0.2, 0.25) is 0 Å². The van der Waals surface area contributed by atoms with Gasteiger partial charge in [0.05, 0.1) is 5.37 Å². The van der Waals surface area contributed by atoms with Crippen LogP contribution >= 0.6 is 11.8 Å². The van der Waals surface area contributed by atoms with Crippen molar-refractivity contribution in [3.05, 3.63) is 35.1 Å². The molecule has 1 aromatic rings. The monoisotopic (exact) mass is 197 g/mol. The molecule has 0 bridgehead atoms. The summed E-state index contributed by atoms with van der Waals surface area (Å²) in [6.45, 7) is 3.04. The molecule has 1 aliphatic heterocycles. The summed E-state index contributed by atoms with van der Waals surface area (Å²) in [7, 11) is 0. The molecule has 13 heavy (non-hydrogen) atoms. The number of benzene rings is 1. The Labute approximate surface area is 81.7 Å². The van der Waals surface area contributed by atoms with E-state index in [1.807, 2.05) is 24.8 Å². The van der Waals surface area contributed by atoms with Gasteiger partial charge >= 0.3 is 0 Å². The second-order valence-electron chi connectivity index (χ2n) is 3.21. The summed E-state index contributed by atoms with van der Waals surface area (Å²) >= 11 is 1.84. The summed E-state index contributed by atoms with van der Waals surface area (Å²) in [5.74, 6) is 0.968. The lowest BCUT2D eigenvalue weighted by atomic mass is 10.1. The molecular weight excluding hydrogens is 185 g/mol. The fraction of sp³-hybridized carbons (Fsp3) is 0.400. The molecular formula is C10H12FNS. The number of hydrogen-bond donors (Lipinski definition) is 1. The van der Waals surface area contributed by atoms with Gasteiger partial charge in [0.25, 0.3) is 0 Å². The highest BCUT2D eigenvalue weighted by molar-refractivity contribution is 7.99. The molecule has 1 unspecified atom stereocenters. The minimum Gasteiger partial charge on any atom is -0.301 e. The molecule has 0 aliphatic carbocycles. The Kier molecular flexibility index (Phi) is 2.56. The summed E-state index contributed by atoms with van der Waals surface area (Å²) in [6, 6.07) is 4.98. The van der Waals surface area contributed by atoms with Gasteiger partial charge in [0.1, 0.15) is 5.82 Å². The number of halogens is 1. The second kappa shape index (κ2) is 3.68. The zero-order valence-electron chi connectivity index (χ0n) is 7.51. The van der Waals surface area contributed by atoms with Crippen molar-refractivity contribution < 1.29 is 4.39 Å². The van der Waals surface area contributed by atoms with Gasteiger partial charge in [-0.1, -0.05) is 6.07 Å². The molecule has 1 aromatic carbocycles. The number of thioether (sulfide) groups is 1. The van der Waals surface area contributed by atoms with E-state index >= 15 is 0 Å². The molecule has 1 nitrogen and oxygen atoms in total. The van der Waals surface area contributed by atoms with Crippen LogP contribution in [0.15, 0.2) is 18.2 Å². The number of hydrogen-bond acceptors (Lipinski definition) is 2. The van der Waals surface area contributed by atoms with E-state index in [2.05, 4.69) is 5.32 Å². The summed E-state index contributed by atoms with van der Waals surface area (Å²) in [4.78, 5) is 0. The minimum atomic E-state index is -0.144. The van der Waals surface area contributed by atoms with Gasteiger partial charge < -0.3 is 5.32 Å². The smallest absolute Gasteiger partial charge is 0.123 e. The van der Waals surface area contributed by atoms with Crippen LogP contribution in [0.4, 0.5) is 4.39 Å². The van der Waals surface area contributed by atoms with Crippen LogP contribution in [0.5, 0.6) is 0 Å². The number of aryl methyl sites for hydroxylation is 1. The maximum Gasteiger partial charge on any atom is 0.123 e. The Balaban J connectivity index is 2.32.